The number of ketones is 1. The van der Waals surface area contributed by atoms with E-state index >= 15 is 0 Å². The number of carbonyl (C=O) groups is 2. The molecule has 0 aliphatic carbocycles. The minimum atomic E-state index is -0.436. The van der Waals surface area contributed by atoms with Crippen molar-refractivity contribution in [3.8, 4) is 0 Å². The molecular weight excluding hydrogens is 250 g/mol. The maximum absolute atomic E-state index is 12.6. The Hall–Kier alpha value is -1.64. The molecule has 20 heavy (non-hydrogen) atoms. The van der Waals surface area contributed by atoms with Crippen LogP contribution in [0.15, 0.2) is 24.3 Å². The molecule has 3 nitrogen and oxygen atoms in total. The first-order valence-corrected chi connectivity index (χ1v) is 7.49. The Bertz CT molecular complexity index is 507. The van der Waals surface area contributed by atoms with Gasteiger partial charge in [0.25, 0.3) is 0 Å². The molecule has 0 saturated carbocycles. The van der Waals surface area contributed by atoms with Gasteiger partial charge in [0.05, 0.1) is 5.92 Å². The highest BCUT2D eigenvalue weighted by Crippen LogP contribution is 2.31. The van der Waals surface area contributed by atoms with E-state index in [1.165, 1.54) is 5.56 Å². The first kappa shape index (κ1) is 14.8. The highest BCUT2D eigenvalue weighted by molar-refractivity contribution is 6.09. The molecule has 108 valence electrons. The number of benzene rings is 1. The van der Waals surface area contributed by atoms with Crippen LogP contribution in [0.2, 0.25) is 0 Å². The largest absolute Gasteiger partial charge is 0.312 e. The minimum absolute atomic E-state index is 0.0174. The number of anilines is 1. The topological polar surface area (TPSA) is 37.4 Å². The molecule has 1 aromatic rings. The van der Waals surface area contributed by atoms with Crippen LogP contribution in [0.3, 0.4) is 0 Å². The normalized spacial score (nSPS) is 19.5. The Labute approximate surface area is 121 Å². The highest BCUT2D eigenvalue weighted by Gasteiger charge is 2.34. The van der Waals surface area contributed by atoms with Gasteiger partial charge in [0.1, 0.15) is 5.78 Å². The van der Waals surface area contributed by atoms with Crippen LogP contribution in [0.25, 0.3) is 0 Å². The first-order chi connectivity index (χ1) is 9.56. The smallest absolute Gasteiger partial charge is 0.237 e. The molecule has 0 spiro atoms. The van der Waals surface area contributed by atoms with Crippen molar-refractivity contribution in [2.24, 2.45) is 5.92 Å². The number of para-hydroxylation sites is 1. The molecule has 1 saturated heterocycles. The summed E-state index contributed by atoms with van der Waals surface area (Å²) in [6.45, 7) is 6.80. The molecule has 1 amide bonds. The molecule has 0 unspecified atom stereocenters. The van der Waals surface area contributed by atoms with E-state index in [4.69, 9.17) is 0 Å². The summed E-state index contributed by atoms with van der Waals surface area (Å²) in [7, 11) is 0. The molecule has 1 heterocycles. The zero-order valence-corrected chi connectivity index (χ0v) is 12.6. The molecule has 1 atom stereocenters. The van der Waals surface area contributed by atoms with Crippen molar-refractivity contribution in [3.63, 3.8) is 0 Å². The summed E-state index contributed by atoms with van der Waals surface area (Å²) in [6.07, 6.45) is 2.04. The SMILES string of the molecule is CCC(=O)[C@@H]1CCCN(c2ccccc2C(C)C)C1=O. The molecule has 1 fully saturated rings. The van der Waals surface area contributed by atoms with E-state index in [0.717, 1.165) is 18.7 Å². The van der Waals surface area contributed by atoms with Crippen molar-refractivity contribution in [2.75, 3.05) is 11.4 Å². The molecule has 0 bridgehead atoms. The number of rotatable bonds is 4. The van der Waals surface area contributed by atoms with Gasteiger partial charge in [-0.3, -0.25) is 9.59 Å². The molecule has 1 aliphatic rings. The van der Waals surface area contributed by atoms with Gasteiger partial charge in [0.15, 0.2) is 0 Å². The average Bonchev–Trinajstić information content (AvgIpc) is 2.46. The number of hydrogen-bond donors (Lipinski definition) is 0. The van der Waals surface area contributed by atoms with Gasteiger partial charge >= 0.3 is 0 Å². The Morgan fingerprint density at radius 2 is 2.05 bits per heavy atom. The third kappa shape index (κ3) is 2.77. The van der Waals surface area contributed by atoms with Crippen molar-refractivity contribution in [2.45, 2.75) is 46.0 Å². The molecule has 1 aliphatic heterocycles. The van der Waals surface area contributed by atoms with Crippen LogP contribution in [-0.2, 0) is 9.59 Å². The minimum Gasteiger partial charge on any atom is -0.312 e. The van der Waals surface area contributed by atoms with Crippen LogP contribution < -0.4 is 4.90 Å². The lowest BCUT2D eigenvalue weighted by atomic mass is 9.90. The highest BCUT2D eigenvalue weighted by atomic mass is 16.2. The number of Topliss-reactive ketones (excluding diaryl/α,β-unsaturated/α-hetero) is 1. The summed E-state index contributed by atoms with van der Waals surface area (Å²) in [4.78, 5) is 26.3. The van der Waals surface area contributed by atoms with Crippen molar-refractivity contribution in [1.82, 2.24) is 0 Å². The fraction of sp³-hybridized carbons (Fsp3) is 0.529. The van der Waals surface area contributed by atoms with Gasteiger partial charge in [-0.05, 0) is 30.4 Å². The fourth-order valence-electron chi connectivity index (χ4n) is 2.88. The quantitative estimate of drug-likeness (QED) is 0.787. The van der Waals surface area contributed by atoms with E-state index in [1.54, 1.807) is 0 Å². The first-order valence-electron chi connectivity index (χ1n) is 7.49. The third-order valence-corrected chi connectivity index (χ3v) is 4.03. The molecule has 3 heteroatoms. The van der Waals surface area contributed by atoms with Gasteiger partial charge in [-0.1, -0.05) is 39.0 Å². The number of hydrogen-bond acceptors (Lipinski definition) is 2. The summed E-state index contributed by atoms with van der Waals surface area (Å²) in [5.41, 5.74) is 2.14. The Morgan fingerprint density at radius 3 is 2.70 bits per heavy atom. The zero-order valence-electron chi connectivity index (χ0n) is 12.6. The van der Waals surface area contributed by atoms with Crippen molar-refractivity contribution >= 4 is 17.4 Å². The number of amides is 1. The van der Waals surface area contributed by atoms with Gasteiger partial charge in [0.2, 0.25) is 5.91 Å². The second kappa shape index (κ2) is 6.21. The molecule has 0 aromatic heterocycles. The summed E-state index contributed by atoms with van der Waals surface area (Å²) < 4.78 is 0. The van der Waals surface area contributed by atoms with E-state index in [9.17, 15) is 9.59 Å². The molecule has 0 N–H and O–H groups in total. The van der Waals surface area contributed by atoms with Gasteiger partial charge in [-0.15, -0.1) is 0 Å². The van der Waals surface area contributed by atoms with Crippen molar-refractivity contribution < 1.29 is 9.59 Å². The third-order valence-electron chi connectivity index (χ3n) is 4.03. The second-order valence-corrected chi connectivity index (χ2v) is 5.72. The van der Waals surface area contributed by atoms with Gasteiger partial charge in [-0.25, -0.2) is 0 Å². The van der Waals surface area contributed by atoms with Crippen molar-refractivity contribution in [1.29, 1.82) is 0 Å². The molecule has 0 radical (unpaired) electrons. The zero-order chi connectivity index (χ0) is 14.7. The summed E-state index contributed by atoms with van der Waals surface area (Å²) in [5, 5.41) is 0. The van der Waals surface area contributed by atoms with Crippen LogP contribution >= 0.6 is 0 Å². The van der Waals surface area contributed by atoms with Gasteiger partial charge in [0, 0.05) is 18.7 Å². The van der Waals surface area contributed by atoms with Crippen LogP contribution in [0.5, 0.6) is 0 Å². The number of nitrogens with zero attached hydrogens (tertiary/aromatic N) is 1. The second-order valence-electron chi connectivity index (χ2n) is 5.72. The monoisotopic (exact) mass is 273 g/mol. The van der Waals surface area contributed by atoms with Crippen LogP contribution in [0.1, 0.15) is 51.5 Å². The summed E-state index contributed by atoms with van der Waals surface area (Å²) in [6, 6.07) is 8.02. The van der Waals surface area contributed by atoms with E-state index < -0.39 is 5.92 Å². The number of piperidine rings is 1. The van der Waals surface area contributed by atoms with Gasteiger partial charge in [-0.2, -0.15) is 0 Å². The Kier molecular flexibility index (Phi) is 4.58. The van der Waals surface area contributed by atoms with Crippen LogP contribution in [0, 0.1) is 5.92 Å². The van der Waals surface area contributed by atoms with E-state index in [2.05, 4.69) is 19.9 Å². The van der Waals surface area contributed by atoms with Crippen molar-refractivity contribution in [3.05, 3.63) is 29.8 Å². The van der Waals surface area contributed by atoms with E-state index in [1.807, 2.05) is 30.0 Å². The Morgan fingerprint density at radius 1 is 1.35 bits per heavy atom. The molecular formula is C17H23NO2. The maximum atomic E-state index is 12.6. The average molecular weight is 273 g/mol. The lowest BCUT2D eigenvalue weighted by Gasteiger charge is -2.33. The lowest BCUT2D eigenvalue weighted by Crippen LogP contribution is -2.44. The molecule has 2 rings (SSSR count). The standard InChI is InChI=1S/C17H23NO2/c1-4-16(19)14-9-7-11-18(17(14)20)15-10-6-5-8-13(15)12(2)3/h5-6,8,10,12,14H,4,7,9,11H2,1-3H3/t14-/m0/s1. The van der Waals surface area contributed by atoms with Gasteiger partial charge < -0.3 is 4.90 Å². The van der Waals surface area contributed by atoms with E-state index in [-0.39, 0.29) is 11.7 Å². The maximum Gasteiger partial charge on any atom is 0.237 e. The molecule has 1 aromatic carbocycles. The fourth-order valence-corrected chi connectivity index (χ4v) is 2.88. The Balaban J connectivity index is 2.33. The predicted octanol–water partition coefficient (Wildman–Crippen LogP) is 3.53. The lowest BCUT2D eigenvalue weighted by molar-refractivity contribution is -0.133. The summed E-state index contributed by atoms with van der Waals surface area (Å²) in [5.74, 6) is -0.0202. The number of carbonyl (C=O) groups excluding carboxylic acids is 2. The van der Waals surface area contributed by atoms with E-state index in [0.29, 0.717) is 18.8 Å². The van der Waals surface area contributed by atoms with Crippen LogP contribution in [0.4, 0.5) is 5.69 Å². The van der Waals surface area contributed by atoms with Crippen LogP contribution in [-0.4, -0.2) is 18.2 Å². The summed E-state index contributed by atoms with van der Waals surface area (Å²) >= 11 is 0. The predicted molar refractivity (Wildman–Crippen MR) is 80.9 cm³/mol.